The van der Waals surface area contributed by atoms with Crippen LogP contribution in [-0.2, 0) is 6.42 Å². The standard InChI is InChI=1S/C13H13NO2/c1-2-8-14-13(6-1)16-12-5-3-4-11-10(12)7-9-15-11/h1-2,6-9,12H,3-5H2. The number of aryl methyl sites for hydroxylation is 1. The first-order valence-corrected chi connectivity index (χ1v) is 5.57. The second-order valence-electron chi connectivity index (χ2n) is 3.97. The average molecular weight is 215 g/mol. The Labute approximate surface area is 94.1 Å². The van der Waals surface area contributed by atoms with E-state index in [0.717, 1.165) is 25.0 Å². The molecule has 2 heterocycles. The van der Waals surface area contributed by atoms with Crippen molar-refractivity contribution in [3.63, 3.8) is 0 Å². The van der Waals surface area contributed by atoms with Crippen molar-refractivity contribution in [3.05, 3.63) is 48.0 Å². The van der Waals surface area contributed by atoms with Crippen LogP contribution in [-0.4, -0.2) is 4.98 Å². The van der Waals surface area contributed by atoms with Gasteiger partial charge in [-0.25, -0.2) is 4.98 Å². The number of ether oxygens (including phenoxy) is 1. The SMILES string of the molecule is c1ccc(OC2CCCc3occc32)nc1. The minimum atomic E-state index is 0.0948. The topological polar surface area (TPSA) is 35.3 Å². The minimum Gasteiger partial charge on any atom is -0.469 e. The van der Waals surface area contributed by atoms with Crippen LogP contribution in [0.5, 0.6) is 5.88 Å². The molecule has 0 fully saturated rings. The van der Waals surface area contributed by atoms with Crippen LogP contribution >= 0.6 is 0 Å². The number of fused-ring (bicyclic) bond motifs is 1. The highest BCUT2D eigenvalue weighted by Crippen LogP contribution is 2.33. The zero-order valence-corrected chi connectivity index (χ0v) is 8.93. The van der Waals surface area contributed by atoms with Gasteiger partial charge in [0, 0.05) is 24.2 Å². The maximum atomic E-state index is 5.87. The summed E-state index contributed by atoms with van der Waals surface area (Å²) in [4.78, 5) is 4.18. The molecule has 0 aromatic carbocycles. The van der Waals surface area contributed by atoms with Crippen molar-refractivity contribution < 1.29 is 9.15 Å². The van der Waals surface area contributed by atoms with Crippen LogP contribution in [0.2, 0.25) is 0 Å². The third-order valence-corrected chi connectivity index (χ3v) is 2.90. The smallest absolute Gasteiger partial charge is 0.213 e. The first kappa shape index (κ1) is 9.46. The molecule has 1 aliphatic rings. The van der Waals surface area contributed by atoms with E-state index in [2.05, 4.69) is 4.98 Å². The lowest BCUT2D eigenvalue weighted by Crippen LogP contribution is -2.13. The van der Waals surface area contributed by atoms with Gasteiger partial charge in [0.1, 0.15) is 11.9 Å². The highest BCUT2D eigenvalue weighted by Gasteiger charge is 2.24. The first-order valence-electron chi connectivity index (χ1n) is 5.57. The summed E-state index contributed by atoms with van der Waals surface area (Å²) in [5, 5.41) is 0. The zero-order chi connectivity index (χ0) is 10.8. The van der Waals surface area contributed by atoms with Crippen molar-refractivity contribution in [1.29, 1.82) is 0 Å². The van der Waals surface area contributed by atoms with Crippen LogP contribution in [0.15, 0.2) is 41.1 Å². The summed E-state index contributed by atoms with van der Waals surface area (Å²) in [6.07, 6.45) is 6.74. The molecule has 0 amide bonds. The average Bonchev–Trinajstić information content (AvgIpc) is 2.80. The van der Waals surface area contributed by atoms with Crippen LogP contribution in [0.3, 0.4) is 0 Å². The molecule has 0 saturated heterocycles. The molecular weight excluding hydrogens is 202 g/mol. The molecule has 0 aliphatic heterocycles. The quantitative estimate of drug-likeness (QED) is 0.772. The lowest BCUT2D eigenvalue weighted by Gasteiger charge is -2.22. The number of aromatic nitrogens is 1. The lowest BCUT2D eigenvalue weighted by molar-refractivity contribution is 0.171. The highest BCUT2D eigenvalue weighted by atomic mass is 16.5. The third-order valence-electron chi connectivity index (χ3n) is 2.90. The maximum Gasteiger partial charge on any atom is 0.213 e. The number of pyridine rings is 1. The maximum absolute atomic E-state index is 5.87. The number of nitrogens with zero attached hydrogens (tertiary/aromatic N) is 1. The summed E-state index contributed by atoms with van der Waals surface area (Å²) < 4.78 is 11.3. The van der Waals surface area contributed by atoms with Crippen molar-refractivity contribution in [3.8, 4) is 5.88 Å². The van der Waals surface area contributed by atoms with Gasteiger partial charge in [-0.2, -0.15) is 0 Å². The molecule has 0 saturated carbocycles. The molecule has 3 rings (SSSR count). The second-order valence-corrected chi connectivity index (χ2v) is 3.97. The number of hydrogen-bond acceptors (Lipinski definition) is 3. The van der Waals surface area contributed by atoms with E-state index in [9.17, 15) is 0 Å². The van der Waals surface area contributed by atoms with Gasteiger partial charge < -0.3 is 9.15 Å². The molecule has 0 spiro atoms. The molecule has 2 aromatic rings. The van der Waals surface area contributed by atoms with Crippen LogP contribution in [0.25, 0.3) is 0 Å². The minimum absolute atomic E-state index is 0.0948. The van der Waals surface area contributed by atoms with Crippen LogP contribution in [0.1, 0.15) is 30.3 Å². The molecule has 82 valence electrons. The van der Waals surface area contributed by atoms with Crippen LogP contribution in [0.4, 0.5) is 0 Å². The van der Waals surface area contributed by atoms with E-state index in [1.165, 1.54) is 5.56 Å². The number of furan rings is 1. The van der Waals surface area contributed by atoms with E-state index in [1.807, 2.05) is 24.3 Å². The largest absolute Gasteiger partial charge is 0.469 e. The van der Waals surface area contributed by atoms with E-state index >= 15 is 0 Å². The molecule has 16 heavy (non-hydrogen) atoms. The Bertz CT molecular complexity index is 464. The van der Waals surface area contributed by atoms with Crippen molar-refractivity contribution in [2.45, 2.75) is 25.4 Å². The zero-order valence-electron chi connectivity index (χ0n) is 8.93. The fourth-order valence-corrected chi connectivity index (χ4v) is 2.13. The number of rotatable bonds is 2. The van der Waals surface area contributed by atoms with Gasteiger partial charge in [-0.3, -0.25) is 0 Å². The molecule has 1 unspecified atom stereocenters. The van der Waals surface area contributed by atoms with Crippen LogP contribution in [0, 0.1) is 0 Å². The fourth-order valence-electron chi connectivity index (χ4n) is 2.13. The van der Waals surface area contributed by atoms with Gasteiger partial charge in [0.2, 0.25) is 5.88 Å². The highest BCUT2D eigenvalue weighted by molar-refractivity contribution is 5.24. The summed E-state index contributed by atoms with van der Waals surface area (Å²) in [7, 11) is 0. The molecule has 1 aliphatic carbocycles. The van der Waals surface area contributed by atoms with E-state index in [1.54, 1.807) is 12.5 Å². The Morgan fingerprint density at radius 2 is 2.31 bits per heavy atom. The Hall–Kier alpha value is -1.77. The predicted octanol–water partition coefficient (Wildman–Crippen LogP) is 3.13. The molecule has 0 bridgehead atoms. The third kappa shape index (κ3) is 1.69. The predicted molar refractivity (Wildman–Crippen MR) is 59.3 cm³/mol. The van der Waals surface area contributed by atoms with Crippen molar-refractivity contribution in [2.24, 2.45) is 0 Å². The van der Waals surface area contributed by atoms with Crippen LogP contribution < -0.4 is 4.74 Å². The van der Waals surface area contributed by atoms with Crippen molar-refractivity contribution in [1.82, 2.24) is 4.98 Å². The van der Waals surface area contributed by atoms with E-state index in [-0.39, 0.29) is 6.10 Å². The molecule has 2 aromatic heterocycles. The number of hydrogen-bond donors (Lipinski definition) is 0. The summed E-state index contributed by atoms with van der Waals surface area (Å²) in [5.74, 6) is 1.74. The van der Waals surface area contributed by atoms with E-state index in [0.29, 0.717) is 5.88 Å². The molecule has 3 nitrogen and oxygen atoms in total. The van der Waals surface area contributed by atoms with Gasteiger partial charge in [0.15, 0.2) is 0 Å². The summed E-state index contributed by atoms with van der Waals surface area (Å²) >= 11 is 0. The Kier molecular flexibility index (Phi) is 2.37. The summed E-state index contributed by atoms with van der Waals surface area (Å²) in [6, 6.07) is 7.70. The first-order chi connectivity index (χ1) is 7.93. The summed E-state index contributed by atoms with van der Waals surface area (Å²) in [6.45, 7) is 0. The van der Waals surface area contributed by atoms with Crippen molar-refractivity contribution in [2.75, 3.05) is 0 Å². The van der Waals surface area contributed by atoms with Gasteiger partial charge in [0.25, 0.3) is 0 Å². The summed E-state index contributed by atoms with van der Waals surface area (Å²) in [5.41, 5.74) is 1.18. The van der Waals surface area contributed by atoms with E-state index in [4.69, 9.17) is 9.15 Å². The molecule has 3 heteroatoms. The molecule has 0 N–H and O–H groups in total. The Morgan fingerprint density at radius 3 is 3.19 bits per heavy atom. The van der Waals surface area contributed by atoms with Gasteiger partial charge in [-0.05, 0) is 25.0 Å². The molecule has 1 atom stereocenters. The van der Waals surface area contributed by atoms with E-state index < -0.39 is 0 Å². The fraction of sp³-hybridized carbons (Fsp3) is 0.308. The molecular formula is C13H13NO2. The van der Waals surface area contributed by atoms with Gasteiger partial charge in [0.05, 0.1) is 6.26 Å². The monoisotopic (exact) mass is 215 g/mol. The lowest BCUT2D eigenvalue weighted by atomic mass is 9.96. The van der Waals surface area contributed by atoms with Gasteiger partial charge in [-0.1, -0.05) is 6.07 Å². The Balaban J connectivity index is 1.83. The normalized spacial score (nSPS) is 19.1. The second kappa shape index (κ2) is 4.00. The Morgan fingerprint density at radius 1 is 1.31 bits per heavy atom. The van der Waals surface area contributed by atoms with Gasteiger partial charge >= 0.3 is 0 Å². The van der Waals surface area contributed by atoms with Gasteiger partial charge in [-0.15, -0.1) is 0 Å². The van der Waals surface area contributed by atoms with Crippen molar-refractivity contribution >= 4 is 0 Å². The molecule has 0 radical (unpaired) electrons.